The SMILES string of the molecule is CC/C=C\C/C=C\C/C=C\C/C=C\CCCCC(=O)O[C@H](COC(=O)CCCCCCC/C=C\CCCC)COC(=O)CCCCCCCCCCCCCCCCCCC. The van der Waals surface area contributed by atoms with Crippen molar-refractivity contribution >= 4 is 17.9 Å². The highest BCUT2D eigenvalue weighted by Crippen LogP contribution is 2.15. The molecule has 0 rings (SSSR count). The van der Waals surface area contributed by atoms with Gasteiger partial charge in [-0.3, -0.25) is 14.4 Å². The van der Waals surface area contributed by atoms with Crippen LogP contribution in [0.15, 0.2) is 60.8 Å². The van der Waals surface area contributed by atoms with E-state index in [9.17, 15) is 14.4 Å². The van der Waals surface area contributed by atoms with Crippen LogP contribution in [0.4, 0.5) is 0 Å². The minimum absolute atomic E-state index is 0.0916. The standard InChI is InChI=1S/C55H96O6/c1-4-7-10-13-16-19-22-24-26-27-29-30-33-36-39-42-45-48-54(57)60-51-52(50-59-53(56)47-44-41-38-35-32-21-18-15-12-9-6-3)61-55(58)49-46-43-40-37-34-31-28-25-23-20-17-14-11-8-5-2/h8,11,15,17-18,20,25,28,34,37,52H,4-7,9-10,12-14,16,19,21-24,26-27,29-33,35-36,38-51H2,1-3H3/b11-8-,18-15-,20-17-,28-25-,37-34-/t52-/m1/s1. The van der Waals surface area contributed by atoms with Crippen molar-refractivity contribution in [2.24, 2.45) is 0 Å². The summed E-state index contributed by atoms with van der Waals surface area (Å²) in [5, 5.41) is 0. The van der Waals surface area contributed by atoms with Gasteiger partial charge in [-0.2, -0.15) is 0 Å². The van der Waals surface area contributed by atoms with Gasteiger partial charge in [0.1, 0.15) is 13.2 Å². The summed E-state index contributed by atoms with van der Waals surface area (Å²) in [6.45, 7) is 6.45. The summed E-state index contributed by atoms with van der Waals surface area (Å²) in [6, 6.07) is 0. The molecule has 352 valence electrons. The van der Waals surface area contributed by atoms with Crippen molar-refractivity contribution in [2.45, 2.75) is 258 Å². The number of ether oxygens (including phenoxy) is 3. The van der Waals surface area contributed by atoms with Gasteiger partial charge in [0.25, 0.3) is 0 Å². The maximum absolute atomic E-state index is 12.8. The maximum atomic E-state index is 12.8. The van der Waals surface area contributed by atoms with E-state index in [1.54, 1.807) is 0 Å². The van der Waals surface area contributed by atoms with Gasteiger partial charge in [-0.15, -0.1) is 0 Å². The number of esters is 3. The number of carbonyl (C=O) groups is 3. The lowest BCUT2D eigenvalue weighted by Gasteiger charge is -2.18. The second-order valence-corrected chi connectivity index (χ2v) is 17.1. The van der Waals surface area contributed by atoms with E-state index in [0.29, 0.717) is 19.3 Å². The van der Waals surface area contributed by atoms with Crippen LogP contribution in [-0.2, 0) is 28.6 Å². The lowest BCUT2D eigenvalue weighted by Crippen LogP contribution is -2.30. The first-order valence-electron chi connectivity index (χ1n) is 25.8. The second-order valence-electron chi connectivity index (χ2n) is 17.1. The zero-order valence-electron chi connectivity index (χ0n) is 40.2. The van der Waals surface area contributed by atoms with Crippen LogP contribution >= 0.6 is 0 Å². The molecule has 0 aromatic carbocycles. The Balaban J connectivity index is 4.40. The molecular formula is C55H96O6. The summed E-state index contributed by atoms with van der Waals surface area (Å²) in [5.41, 5.74) is 0. The van der Waals surface area contributed by atoms with Gasteiger partial charge in [0.2, 0.25) is 0 Å². The Hall–Kier alpha value is -2.89. The smallest absolute Gasteiger partial charge is 0.306 e. The van der Waals surface area contributed by atoms with Gasteiger partial charge in [0.15, 0.2) is 6.10 Å². The van der Waals surface area contributed by atoms with Crippen LogP contribution in [0.25, 0.3) is 0 Å². The molecule has 0 spiro atoms. The minimum atomic E-state index is -0.796. The molecule has 6 nitrogen and oxygen atoms in total. The first kappa shape index (κ1) is 58.1. The summed E-state index contributed by atoms with van der Waals surface area (Å²) in [7, 11) is 0. The van der Waals surface area contributed by atoms with Crippen LogP contribution in [0, 0.1) is 0 Å². The molecule has 0 aromatic rings. The Morgan fingerprint density at radius 1 is 0.344 bits per heavy atom. The largest absolute Gasteiger partial charge is 0.462 e. The molecule has 0 radical (unpaired) electrons. The monoisotopic (exact) mass is 853 g/mol. The number of rotatable bonds is 46. The Morgan fingerprint density at radius 3 is 1.10 bits per heavy atom. The highest BCUT2D eigenvalue weighted by Gasteiger charge is 2.19. The first-order valence-corrected chi connectivity index (χ1v) is 25.8. The van der Waals surface area contributed by atoms with Gasteiger partial charge < -0.3 is 14.2 Å². The highest BCUT2D eigenvalue weighted by molar-refractivity contribution is 5.71. The van der Waals surface area contributed by atoms with Crippen LogP contribution in [0.1, 0.15) is 252 Å². The molecule has 0 aliphatic rings. The van der Waals surface area contributed by atoms with E-state index in [2.05, 4.69) is 81.5 Å². The van der Waals surface area contributed by atoms with Crippen molar-refractivity contribution in [1.82, 2.24) is 0 Å². The van der Waals surface area contributed by atoms with Gasteiger partial charge in [-0.25, -0.2) is 0 Å². The zero-order chi connectivity index (χ0) is 44.4. The molecule has 0 bridgehead atoms. The summed E-state index contributed by atoms with van der Waals surface area (Å²) in [5.74, 6) is -0.939. The molecule has 6 heteroatoms. The molecule has 0 unspecified atom stereocenters. The lowest BCUT2D eigenvalue weighted by atomic mass is 10.0. The van der Waals surface area contributed by atoms with Gasteiger partial charge in [-0.1, -0.05) is 216 Å². The molecule has 0 heterocycles. The van der Waals surface area contributed by atoms with Crippen molar-refractivity contribution in [2.75, 3.05) is 13.2 Å². The van der Waals surface area contributed by atoms with E-state index in [4.69, 9.17) is 14.2 Å². The zero-order valence-corrected chi connectivity index (χ0v) is 40.2. The Morgan fingerprint density at radius 2 is 0.656 bits per heavy atom. The number of allylic oxidation sites excluding steroid dienone is 10. The average molecular weight is 853 g/mol. The third-order valence-corrected chi connectivity index (χ3v) is 11.0. The molecule has 0 aliphatic heterocycles. The molecule has 1 atom stereocenters. The number of unbranched alkanes of at least 4 members (excludes halogenated alkanes) is 25. The third-order valence-electron chi connectivity index (χ3n) is 11.0. The number of carbonyl (C=O) groups excluding carboxylic acids is 3. The Bertz CT molecular complexity index is 1120. The third kappa shape index (κ3) is 48.0. The van der Waals surface area contributed by atoms with Gasteiger partial charge in [0, 0.05) is 19.3 Å². The normalized spacial score (nSPS) is 12.5. The van der Waals surface area contributed by atoms with Crippen LogP contribution in [0.3, 0.4) is 0 Å². The van der Waals surface area contributed by atoms with E-state index < -0.39 is 6.10 Å². The Labute approximate surface area is 377 Å². The van der Waals surface area contributed by atoms with Crippen molar-refractivity contribution in [3.63, 3.8) is 0 Å². The van der Waals surface area contributed by atoms with E-state index >= 15 is 0 Å². The quantitative estimate of drug-likeness (QED) is 0.0263. The van der Waals surface area contributed by atoms with Crippen LogP contribution in [0.2, 0.25) is 0 Å². The predicted molar refractivity (Wildman–Crippen MR) is 261 cm³/mol. The summed E-state index contributed by atoms with van der Waals surface area (Å²) < 4.78 is 16.7. The molecule has 0 saturated carbocycles. The molecular weight excluding hydrogens is 757 g/mol. The topological polar surface area (TPSA) is 78.9 Å². The van der Waals surface area contributed by atoms with Gasteiger partial charge in [-0.05, 0) is 77.0 Å². The summed E-state index contributed by atoms with van der Waals surface area (Å²) >= 11 is 0. The van der Waals surface area contributed by atoms with Gasteiger partial charge in [0.05, 0.1) is 0 Å². The van der Waals surface area contributed by atoms with Crippen molar-refractivity contribution in [3.8, 4) is 0 Å². The van der Waals surface area contributed by atoms with E-state index in [0.717, 1.165) is 83.5 Å². The molecule has 0 fully saturated rings. The van der Waals surface area contributed by atoms with Crippen molar-refractivity contribution < 1.29 is 28.6 Å². The lowest BCUT2D eigenvalue weighted by molar-refractivity contribution is -0.167. The number of hydrogen-bond acceptors (Lipinski definition) is 6. The van der Waals surface area contributed by atoms with Gasteiger partial charge >= 0.3 is 17.9 Å². The summed E-state index contributed by atoms with van der Waals surface area (Å²) in [6.07, 6.45) is 60.7. The molecule has 0 amide bonds. The van der Waals surface area contributed by atoms with Crippen LogP contribution in [0.5, 0.6) is 0 Å². The molecule has 0 saturated heterocycles. The second kappa shape index (κ2) is 49.8. The van der Waals surface area contributed by atoms with Crippen molar-refractivity contribution in [1.29, 1.82) is 0 Å². The van der Waals surface area contributed by atoms with Crippen LogP contribution in [-0.4, -0.2) is 37.2 Å². The Kier molecular flexibility index (Phi) is 47.4. The van der Waals surface area contributed by atoms with Crippen LogP contribution < -0.4 is 0 Å². The molecule has 0 aliphatic carbocycles. The number of hydrogen-bond donors (Lipinski definition) is 0. The molecule has 0 N–H and O–H groups in total. The summed E-state index contributed by atoms with van der Waals surface area (Å²) in [4.78, 5) is 37.9. The van der Waals surface area contributed by atoms with E-state index in [1.807, 2.05) is 0 Å². The highest BCUT2D eigenvalue weighted by atomic mass is 16.6. The van der Waals surface area contributed by atoms with Crippen molar-refractivity contribution in [3.05, 3.63) is 60.8 Å². The minimum Gasteiger partial charge on any atom is -0.462 e. The van der Waals surface area contributed by atoms with E-state index in [1.165, 1.54) is 122 Å². The molecule has 0 aromatic heterocycles. The average Bonchev–Trinajstić information content (AvgIpc) is 3.26. The maximum Gasteiger partial charge on any atom is 0.306 e. The first-order chi connectivity index (χ1) is 30.0. The fourth-order valence-electron chi connectivity index (χ4n) is 7.12. The predicted octanol–water partition coefficient (Wildman–Crippen LogP) is 16.9. The van der Waals surface area contributed by atoms with E-state index in [-0.39, 0.29) is 37.5 Å². The fraction of sp³-hybridized carbons (Fsp3) is 0.764. The fourth-order valence-corrected chi connectivity index (χ4v) is 7.12. The molecule has 61 heavy (non-hydrogen) atoms.